The van der Waals surface area contributed by atoms with E-state index in [4.69, 9.17) is 16.3 Å². The van der Waals surface area contributed by atoms with Crippen LogP contribution in [0.25, 0.3) is 0 Å². The third-order valence-corrected chi connectivity index (χ3v) is 5.45. The average Bonchev–Trinajstić information content (AvgIpc) is 3.05. The molecular formula is C17H15ClN2O5S. The highest BCUT2D eigenvalue weighted by Crippen LogP contribution is 2.30. The van der Waals surface area contributed by atoms with Gasteiger partial charge < -0.3 is 10.1 Å². The van der Waals surface area contributed by atoms with Gasteiger partial charge in [0.15, 0.2) is 6.61 Å². The molecule has 1 N–H and O–H groups in total. The standard InChI is InChI=1S/C17H15ClN2O5S/c18-13-6-5-10(7-14(13)20(23)24)19-16(21)8-25-17(22)12-9-26-15-4-2-1-3-11(12)15/h5-7,9H,1-4,8H2,(H,19,21). The highest BCUT2D eigenvalue weighted by Gasteiger charge is 2.22. The van der Waals surface area contributed by atoms with Crippen molar-refractivity contribution in [2.45, 2.75) is 25.7 Å². The number of carbonyl (C=O) groups excluding carboxylic acids is 2. The number of halogens is 1. The van der Waals surface area contributed by atoms with Gasteiger partial charge in [-0.1, -0.05) is 11.6 Å². The Balaban J connectivity index is 1.59. The molecule has 26 heavy (non-hydrogen) atoms. The fraction of sp³-hybridized carbons (Fsp3) is 0.294. The number of thiophene rings is 1. The molecule has 1 aliphatic carbocycles. The molecule has 1 aromatic heterocycles. The lowest BCUT2D eigenvalue weighted by Gasteiger charge is -2.12. The van der Waals surface area contributed by atoms with Crippen LogP contribution in [-0.2, 0) is 22.4 Å². The van der Waals surface area contributed by atoms with Crippen molar-refractivity contribution in [3.05, 3.63) is 54.7 Å². The predicted octanol–water partition coefficient (Wildman–Crippen LogP) is 3.98. The van der Waals surface area contributed by atoms with Crippen LogP contribution < -0.4 is 5.32 Å². The molecule has 1 aliphatic rings. The van der Waals surface area contributed by atoms with E-state index < -0.39 is 23.4 Å². The number of nitrogens with one attached hydrogen (secondary N) is 1. The number of carbonyl (C=O) groups is 2. The van der Waals surface area contributed by atoms with E-state index in [0.717, 1.165) is 37.3 Å². The van der Waals surface area contributed by atoms with Gasteiger partial charge >= 0.3 is 5.97 Å². The number of nitrogens with zero attached hydrogens (tertiary/aromatic N) is 1. The van der Waals surface area contributed by atoms with Gasteiger partial charge in [0.1, 0.15) is 5.02 Å². The third kappa shape index (κ3) is 4.03. The first kappa shape index (κ1) is 18.3. The molecule has 1 heterocycles. The molecule has 0 bridgehead atoms. The second-order valence-electron chi connectivity index (χ2n) is 5.81. The fourth-order valence-corrected chi connectivity index (χ4v) is 4.10. The van der Waals surface area contributed by atoms with Crippen LogP contribution in [0.15, 0.2) is 23.6 Å². The summed E-state index contributed by atoms with van der Waals surface area (Å²) in [4.78, 5) is 35.6. The Kier molecular flexibility index (Phi) is 5.53. The SMILES string of the molecule is O=C(COC(=O)c1csc2c1CCCC2)Nc1ccc(Cl)c([N+](=O)[O-])c1. The minimum Gasteiger partial charge on any atom is -0.452 e. The maximum Gasteiger partial charge on any atom is 0.339 e. The summed E-state index contributed by atoms with van der Waals surface area (Å²) < 4.78 is 5.08. The minimum absolute atomic E-state index is 0.0262. The maximum absolute atomic E-state index is 12.2. The van der Waals surface area contributed by atoms with Gasteiger partial charge in [-0.05, 0) is 43.4 Å². The smallest absolute Gasteiger partial charge is 0.339 e. The second-order valence-corrected chi connectivity index (χ2v) is 7.18. The van der Waals surface area contributed by atoms with E-state index in [0.29, 0.717) is 5.56 Å². The monoisotopic (exact) mass is 394 g/mol. The van der Waals surface area contributed by atoms with Gasteiger partial charge in [0.05, 0.1) is 10.5 Å². The van der Waals surface area contributed by atoms with Crippen LogP contribution in [0.1, 0.15) is 33.6 Å². The van der Waals surface area contributed by atoms with Gasteiger partial charge in [0, 0.05) is 22.0 Å². The molecule has 0 unspecified atom stereocenters. The number of nitro benzene ring substituents is 1. The summed E-state index contributed by atoms with van der Waals surface area (Å²) in [6, 6.07) is 3.90. The number of fused-ring (bicyclic) bond motifs is 1. The van der Waals surface area contributed by atoms with Crippen LogP contribution >= 0.6 is 22.9 Å². The van der Waals surface area contributed by atoms with Crippen molar-refractivity contribution < 1.29 is 19.2 Å². The van der Waals surface area contributed by atoms with E-state index in [1.54, 1.807) is 16.7 Å². The zero-order chi connectivity index (χ0) is 18.7. The molecule has 1 aromatic carbocycles. The third-order valence-electron chi connectivity index (χ3n) is 4.04. The molecule has 0 aliphatic heterocycles. The van der Waals surface area contributed by atoms with Gasteiger partial charge in [0.2, 0.25) is 0 Å². The fourth-order valence-electron chi connectivity index (χ4n) is 2.80. The first-order valence-corrected chi connectivity index (χ1v) is 9.21. The van der Waals surface area contributed by atoms with Crippen molar-refractivity contribution in [1.29, 1.82) is 0 Å². The number of nitro groups is 1. The largest absolute Gasteiger partial charge is 0.452 e. The maximum atomic E-state index is 12.2. The zero-order valence-corrected chi connectivity index (χ0v) is 15.2. The van der Waals surface area contributed by atoms with Gasteiger partial charge in [-0.25, -0.2) is 4.79 Å². The summed E-state index contributed by atoms with van der Waals surface area (Å²) in [6.45, 7) is -0.472. The molecule has 2 aromatic rings. The lowest BCUT2D eigenvalue weighted by atomic mass is 9.96. The number of amides is 1. The molecule has 0 atom stereocenters. The minimum atomic E-state index is -0.641. The van der Waals surface area contributed by atoms with Crippen LogP contribution in [0.2, 0.25) is 5.02 Å². The van der Waals surface area contributed by atoms with Crippen molar-refractivity contribution in [2.24, 2.45) is 0 Å². The van der Waals surface area contributed by atoms with Gasteiger partial charge in [-0.2, -0.15) is 0 Å². The molecular weight excluding hydrogens is 380 g/mol. The molecule has 0 spiro atoms. The van der Waals surface area contributed by atoms with Gasteiger partial charge in [0.25, 0.3) is 11.6 Å². The van der Waals surface area contributed by atoms with E-state index in [1.807, 2.05) is 0 Å². The first-order chi connectivity index (χ1) is 12.5. The van der Waals surface area contributed by atoms with E-state index in [-0.39, 0.29) is 16.4 Å². The Morgan fingerprint density at radius 2 is 2.08 bits per heavy atom. The lowest BCUT2D eigenvalue weighted by Crippen LogP contribution is -2.21. The highest BCUT2D eigenvalue weighted by molar-refractivity contribution is 7.10. The van der Waals surface area contributed by atoms with Crippen molar-refractivity contribution >= 4 is 46.2 Å². The van der Waals surface area contributed by atoms with Crippen molar-refractivity contribution in [3.8, 4) is 0 Å². The number of hydrogen-bond acceptors (Lipinski definition) is 6. The number of aryl methyl sites for hydroxylation is 1. The zero-order valence-electron chi connectivity index (χ0n) is 13.6. The van der Waals surface area contributed by atoms with Crippen LogP contribution in [-0.4, -0.2) is 23.4 Å². The van der Waals surface area contributed by atoms with E-state index in [9.17, 15) is 19.7 Å². The molecule has 0 radical (unpaired) electrons. The number of esters is 1. The summed E-state index contributed by atoms with van der Waals surface area (Å²) in [6.07, 6.45) is 3.99. The molecule has 9 heteroatoms. The normalized spacial score (nSPS) is 13.0. The Labute approximate surface area is 158 Å². The van der Waals surface area contributed by atoms with Crippen molar-refractivity contribution in [1.82, 2.24) is 0 Å². The summed E-state index contributed by atoms with van der Waals surface area (Å²) in [7, 11) is 0. The predicted molar refractivity (Wildman–Crippen MR) is 98.0 cm³/mol. The van der Waals surface area contributed by atoms with E-state index >= 15 is 0 Å². The quantitative estimate of drug-likeness (QED) is 0.469. The summed E-state index contributed by atoms with van der Waals surface area (Å²) in [5.74, 6) is -1.11. The lowest BCUT2D eigenvalue weighted by molar-refractivity contribution is -0.384. The summed E-state index contributed by atoms with van der Waals surface area (Å²) in [5.41, 5.74) is 1.45. The Hall–Kier alpha value is -2.45. The van der Waals surface area contributed by atoms with E-state index in [2.05, 4.69) is 5.32 Å². The molecule has 1 amide bonds. The van der Waals surface area contributed by atoms with Crippen molar-refractivity contribution in [3.63, 3.8) is 0 Å². The topological polar surface area (TPSA) is 98.5 Å². The average molecular weight is 395 g/mol. The Morgan fingerprint density at radius 3 is 2.85 bits per heavy atom. The van der Waals surface area contributed by atoms with E-state index in [1.165, 1.54) is 17.0 Å². The number of hydrogen-bond donors (Lipinski definition) is 1. The van der Waals surface area contributed by atoms with Crippen molar-refractivity contribution in [2.75, 3.05) is 11.9 Å². The van der Waals surface area contributed by atoms with Crippen LogP contribution in [0.5, 0.6) is 0 Å². The van der Waals surface area contributed by atoms with Gasteiger partial charge in [-0.3, -0.25) is 14.9 Å². The number of benzene rings is 1. The molecule has 0 saturated heterocycles. The molecule has 136 valence electrons. The number of rotatable bonds is 5. The number of anilines is 1. The highest BCUT2D eigenvalue weighted by atomic mass is 35.5. The summed E-state index contributed by atoms with van der Waals surface area (Å²) >= 11 is 7.27. The van der Waals surface area contributed by atoms with Gasteiger partial charge in [-0.15, -0.1) is 11.3 Å². The van der Waals surface area contributed by atoms with Crippen LogP contribution in [0.4, 0.5) is 11.4 Å². The molecule has 0 saturated carbocycles. The van der Waals surface area contributed by atoms with Crippen LogP contribution in [0.3, 0.4) is 0 Å². The first-order valence-electron chi connectivity index (χ1n) is 7.96. The second kappa shape index (κ2) is 7.84. The Morgan fingerprint density at radius 1 is 1.31 bits per heavy atom. The molecule has 7 nitrogen and oxygen atoms in total. The number of ether oxygens (including phenoxy) is 1. The molecule has 0 fully saturated rings. The molecule has 3 rings (SSSR count). The van der Waals surface area contributed by atoms with Crippen LogP contribution in [0, 0.1) is 10.1 Å². The Bertz CT molecular complexity index is 880. The summed E-state index contributed by atoms with van der Waals surface area (Å²) in [5, 5.41) is 15.1.